The molecule has 3 nitrogen and oxygen atoms in total. The Morgan fingerprint density at radius 3 is 2.79 bits per heavy atom. The summed E-state index contributed by atoms with van der Waals surface area (Å²) < 4.78 is 4.63. The second-order valence-electron chi connectivity index (χ2n) is 4.52. The summed E-state index contributed by atoms with van der Waals surface area (Å²) in [5.74, 6) is -0.194. The van der Waals surface area contributed by atoms with Gasteiger partial charge in [-0.15, -0.1) is 11.3 Å². The van der Waals surface area contributed by atoms with Gasteiger partial charge in [-0.3, -0.25) is 4.79 Å². The van der Waals surface area contributed by atoms with Crippen LogP contribution in [0.3, 0.4) is 0 Å². The minimum absolute atomic E-state index is 0.194. The van der Waals surface area contributed by atoms with Crippen molar-refractivity contribution in [1.29, 1.82) is 0 Å². The molecule has 0 aliphatic rings. The molecule has 0 atom stereocenters. The van der Waals surface area contributed by atoms with Gasteiger partial charge in [-0.25, -0.2) is 4.98 Å². The molecule has 0 saturated carbocycles. The van der Waals surface area contributed by atoms with Gasteiger partial charge in [-0.2, -0.15) is 0 Å². The Morgan fingerprint density at radius 1 is 1.32 bits per heavy atom. The maximum Gasteiger partial charge on any atom is 0.305 e. The van der Waals surface area contributed by atoms with Crippen molar-refractivity contribution in [3.8, 4) is 10.6 Å². The number of aromatic nitrogens is 1. The lowest BCUT2D eigenvalue weighted by atomic mass is 10.1. The molecule has 0 spiro atoms. The third-order valence-corrected chi connectivity index (χ3v) is 4.06. The summed E-state index contributed by atoms with van der Waals surface area (Å²) in [7, 11) is 1.41. The first-order valence-corrected chi connectivity index (χ1v) is 7.07. The van der Waals surface area contributed by atoms with E-state index in [1.54, 1.807) is 11.3 Å². The molecule has 0 amide bonds. The van der Waals surface area contributed by atoms with E-state index in [9.17, 15) is 4.79 Å². The lowest BCUT2D eigenvalue weighted by molar-refractivity contribution is -0.140. The zero-order valence-electron chi connectivity index (χ0n) is 11.4. The zero-order valence-corrected chi connectivity index (χ0v) is 12.2. The average molecular weight is 275 g/mol. The SMILES string of the molecule is COC(=O)CCc1csc(-c2ccc(C)c(C)c2)n1. The fourth-order valence-electron chi connectivity index (χ4n) is 1.76. The monoisotopic (exact) mass is 275 g/mol. The summed E-state index contributed by atoms with van der Waals surface area (Å²) in [6.07, 6.45) is 1.01. The van der Waals surface area contributed by atoms with E-state index in [0.29, 0.717) is 12.8 Å². The van der Waals surface area contributed by atoms with E-state index in [1.807, 2.05) is 5.38 Å². The average Bonchev–Trinajstić information content (AvgIpc) is 2.88. The number of hydrogen-bond acceptors (Lipinski definition) is 4. The first-order chi connectivity index (χ1) is 9.10. The van der Waals surface area contributed by atoms with Gasteiger partial charge in [0.05, 0.1) is 19.2 Å². The molecular weight excluding hydrogens is 258 g/mol. The molecule has 19 heavy (non-hydrogen) atoms. The van der Waals surface area contributed by atoms with Gasteiger partial charge >= 0.3 is 5.97 Å². The number of thiazole rings is 1. The van der Waals surface area contributed by atoms with Crippen molar-refractivity contribution in [1.82, 2.24) is 4.98 Å². The third-order valence-electron chi connectivity index (χ3n) is 3.12. The van der Waals surface area contributed by atoms with Crippen LogP contribution in [-0.2, 0) is 16.0 Å². The molecule has 0 unspecified atom stereocenters. The van der Waals surface area contributed by atoms with Crippen molar-refractivity contribution in [2.24, 2.45) is 0 Å². The van der Waals surface area contributed by atoms with Crippen LogP contribution >= 0.6 is 11.3 Å². The molecule has 0 aliphatic heterocycles. The molecule has 0 N–H and O–H groups in total. The molecule has 100 valence electrons. The number of nitrogens with zero attached hydrogens (tertiary/aromatic N) is 1. The van der Waals surface area contributed by atoms with Crippen LogP contribution in [-0.4, -0.2) is 18.1 Å². The van der Waals surface area contributed by atoms with Gasteiger partial charge in [0.25, 0.3) is 0 Å². The minimum Gasteiger partial charge on any atom is -0.469 e. The Morgan fingerprint density at radius 2 is 2.11 bits per heavy atom. The molecule has 2 aromatic rings. The standard InChI is InChI=1S/C15H17NO2S/c1-10-4-5-12(8-11(10)2)15-16-13(9-19-15)6-7-14(17)18-3/h4-5,8-9H,6-7H2,1-3H3. The fraction of sp³-hybridized carbons (Fsp3) is 0.333. The number of benzene rings is 1. The van der Waals surface area contributed by atoms with Gasteiger partial charge in [0, 0.05) is 17.4 Å². The molecule has 2 rings (SSSR count). The summed E-state index contributed by atoms with van der Waals surface area (Å²) in [6.45, 7) is 4.20. The van der Waals surface area contributed by atoms with Crippen LogP contribution in [0.1, 0.15) is 23.2 Å². The number of aryl methyl sites for hydroxylation is 3. The lowest BCUT2D eigenvalue weighted by Crippen LogP contribution is -2.01. The highest BCUT2D eigenvalue weighted by Crippen LogP contribution is 2.26. The predicted molar refractivity (Wildman–Crippen MR) is 77.4 cm³/mol. The van der Waals surface area contributed by atoms with Crippen molar-refractivity contribution in [2.45, 2.75) is 26.7 Å². The number of rotatable bonds is 4. The molecule has 1 aromatic carbocycles. The number of hydrogen-bond donors (Lipinski definition) is 0. The van der Waals surface area contributed by atoms with Crippen LogP contribution in [0.25, 0.3) is 10.6 Å². The Labute approximate surface area is 117 Å². The molecule has 0 aliphatic carbocycles. The smallest absolute Gasteiger partial charge is 0.305 e. The minimum atomic E-state index is -0.194. The van der Waals surface area contributed by atoms with E-state index < -0.39 is 0 Å². The van der Waals surface area contributed by atoms with Crippen LogP contribution in [0.15, 0.2) is 23.6 Å². The second-order valence-corrected chi connectivity index (χ2v) is 5.38. The number of carbonyl (C=O) groups excluding carboxylic acids is 1. The van der Waals surface area contributed by atoms with Crippen molar-refractivity contribution in [3.05, 3.63) is 40.4 Å². The fourth-order valence-corrected chi connectivity index (χ4v) is 2.61. The van der Waals surface area contributed by atoms with Crippen LogP contribution in [0.2, 0.25) is 0 Å². The van der Waals surface area contributed by atoms with Crippen molar-refractivity contribution < 1.29 is 9.53 Å². The first-order valence-electron chi connectivity index (χ1n) is 6.19. The Bertz CT molecular complexity index is 590. The maximum absolute atomic E-state index is 11.1. The Balaban J connectivity index is 2.12. The van der Waals surface area contributed by atoms with E-state index >= 15 is 0 Å². The summed E-state index contributed by atoms with van der Waals surface area (Å²) in [5.41, 5.74) is 4.64. The quantitative estimate of drug-likeness (QED) is 0.801. The molecule has 0 bridgehead atoms. The summed E-state index contributed by atoms with van der Waals surface area (Å²) in [6, 6.07) is 6.35. The van der Waals surface area contributed by atoms with E-state index in [-0.39, 0.29) is 5.97 Å². The number of ether oxygens (including phenoxy) is 1. The van der Waals surface area contributed by atoms with E-state index in [1.165, 1.54) is 18.2 Å². The van der Waals surface area contributed by atoms with Crippen molar-refractivity contribution in [3.63, 3.8) is 0 Å². The molecule has 1 heterocycles. The van der Waals surface area contributed by atoms with Crippen LogP contribution in [0.4, 0.5) is 0 Å². The van der Waals surface area contributed by atoms with Gasteiger partial charge in [-0.05, 0) is 31.0 Å². The van der Waals surface area contributed by atoms with E-state index in [4.69, 9.17) is 0 Å². The van der Waals surface area contributed by atoms with Gasteiger partial charge in [0.2, 0.25) is 0 Å². The summed E-state index contributed by atoms with van der Waals surface area (Å²) in [5, 5.41) is 3.01. The van der Waals surface area contributed by atoms with Gasteiger partial charge in [-0.1, -0.05) is 12.1 Å². The molecule has 1 aromatic heterocycles. The topological polar surface area (TPSA) is 39.2 Å². The van der Waals surface area contributed by atoms with Crippen LogP contribution < -0.4 is 0 Å². The molecule has 0 saturated heterocycles. The summed E-state index contributed by atoms with van der Waals surface area (Å²) >= 11 is 1.61. The zero-order chi connectivity index (χ0) is 13.8. The van der Waals surface area contributed by atoms with Gasteiger partial charge in [0.1, 0.15) is 5.01 Å². The van der Waals surface area contributed by atoms with Gasteiger partial charge in [0.15, 0.2) is 0 Å². The molecular formula is C15H17NO2S. The highest BCUT2D eigenvalue weighted by Gasteiger charge is 2.08. The van der Waals surface area contributed by atoms with Crippen molar-refractivity contribution >= 4 is 17.3 Å². The van der Waals surface area contributed by atoms with Gasteiger partial charge < -0.3 is 4.74 Å². The maximum atomic E-state index is 11.1. The van der Waals surface area contributed by atoms with Crippen LogP contribution in [0.5, 0.6) is 0 Å². The number of esters is 1. The van der Waals surface area contributed by atoms with E-state index in [2.05, 4.69) is 41.8 Å². The molecule has 0 fully saturated rings. The highest BCUT2D eigenvalue weighted by molar-refractivity contribution is 7.13. The number of carbonyl (C=O) groups is 1. The summed E-state index contributed by atoms with van der Waals surface area (Å²) in [4.78, 5) is 15.7. The first kappa shape index (κ1) is 13.7. The van der Waals surface area contributed by atoms with E-state index in [0.717, 1.165) is 16.3 Å². The lowest BCUT2D eigenvalue weighted by Gasteiger charge is -2.02. The third kappa shape index (κ3) is 3.41. The largest absolute Gasteiger partial charge is 0.469 e. The Kier molecular flexibility index (Phi) is 4.32. The normalized spacial score (nSPS) is 10.5. The molecule has 0 radical (unpaired) electrons. The highest BCUT2D eigenvalue weighted by atomic mass is 32.1. The Hall–Kier alpha value is -1.68. The van der Waals surface area contributed by atoms with Crippen LogP contribution in [0, 0.1) is 13.8 Å². The molecule has 4 heteroatoms. The second kappa shape index (κ2) is 5.97. The predicted octanol–water partition coefficient (Wildman–Crippen LogP) is 3.53. The number of methoxy groups -OCH3 is 1. The van der Waals surface area contributed by atoms with Crippen molar-refractivity contribution in [2.75, 3.05) is 7.11 Å².